The molecule has 0 unspecified atom stereocenters. The van der Waals surface area contributed by atoms with Crippen molar-refractivity contribution >= 4 is 5.97 Å². The molecule has 56 valence electrons. The maximum absolute atomic E-state index is 10.2. The van der Waals surface area contributed by atoms with Gasteiger partial charge in [0, 0.05) is 28.9 Å². The number of hydrogen-bond acceptors (Lipinski definition) is 2. The summed E-state index contributed by atoms with van der Waals surface area (Å²) in [7, 11) is 0. The third-order valence-electron chi connectivity index (χ3n) is 0.927. The molecule has 1 N–H and O–H groups in total. The number of aromatic carboxylic acids is 1. The molecule has 3 nitrogen and oxygen atoms in total. The molecule has 10 heavy (non-hydrogen) atoms. The number of pyridine rings is 1. The zero-order chi connectivity index (χ0) is 6.69. The fraction of sp³-hybridized carbons (Fsp3) is 0. The van der Waals surface area contributed by atoms with Gasteiger partial charge < -0.3 is 5.11 Å². The van der Waals surface area contributed by atoms with Gasteiger partial charge >= 0.3 is 5.97 Å². The van der Waals surface area contributed by atoms with E-state index in [-0.39, 0.29) is 22.1 Å². The fourth-order valence-corrected chi connectivity index (χ4v) is 0.494. The van der Waals surface area contributed by atoms with Crippen molar-refractivity contribution in [2.75, 3.05) is 0 Å². The molecule has 0 aliphatic heterocycles. The number of aromatic nitrogens is 1. The van der Waals surface area contributed by atoms with Gasteiger partial charge in [-0.25, -0.2) is 4.79 Å². The zero-order valence-corrected chi connectivity index (χ0v) is 5.92. The van der Waals surface area contributed by atoms with E-state index < -0.39 is 5.97 Å². The van der Waals surface area contributed by atoms with E-state index in [1.165, 1.54) is 24.5 Å². The maximum atomic E-state index is 10.2. The monoisotopic (exact) mass is 181 g/mol. The van der Waals surface area contributed by atoms with Crippen molar-refractivity contribution < 1.29 is 26.4 Å². The van der Waals surface area contributed by atoms with Crippen LogP contribution in [0, 0.1) is 0 Å². The van der Waals surface area contributed by atoms with Crippen molar-refractivity contribution in [1.82, 2.24) is 4.98 Å². The van der Waals surface area contributed by atoms with Gasteiger partial charge in [0.2, 0.25) is 0 Å². The smallest absolute Gasteiger partial charge is 0.335 e. The summed E-state index contributed by atoms with van der Waals surface area (Å²) in [6, 6.07) is 2.89. The summed E-state index contributed by atoms with van der Waals surface area (Å²) in [6.45, 7) is 0. The van der Waals surface area contributed by atoms with Crippen molar-refractivity contribution in [2.24, 2.45) is 0 Å². The van der Waals surface area contributed by atoms with Crippen molar-refractivity contribution in [2.45, 2.75) is 0 Å². The molecule has 0 aromatic carbocycles. The molecule has 0 saturated heterocycles. The molecule has 0 amide bonds. The summed E-state index contributed by atoms with van der Waals surface area (Å²) in [6.07, 6.45) is 2.90. The minimum absolute atomic E-state index is 0. The van der Waals surface area contributed by atoms with Gasteiger partial charge in [0.1, 0.15) is 0 Å². The maximum Gasteiger partial charge on any atom is 0.335 e. The van der Waals surface area contributed by atoms with Crippen molar-refractivity contribution in [1.29, 1.82) is 0 Å². The Hall–Kier alpha value is -0.886. The molecule has 1 aromatic heterocycles. The van der Waals surface area contributed by atoms with E-state index in [0.29, 0.717) is 0 Å². The van der Waals surface area contributed by atoms with Gasteiger partial charge in [-0.15, -0.1) is 0 Å². The minimum atomic E-state index is -0.919. The Labute approximate surface area is 68.0 Å². The number of carboxylic acids is 1. The van der Waals surface area contributed by atoms with Gasteiger partial charge in [-0.05, 0) is 12.1 Å². The molecule has 0 atom stereocenters. The van der Waals surface area contributed by atoms with Gasteiger partial charge in [-0.2, -0.15) is 0 Å². The van der Waals surface area contributed by atoms with Crippen LogP contribution in [0.5, 0.6) is 0 Å². The van der Waals surface area contributed by atoms with E-state index in [0.717, 1.165) is 0 Å². The first-order valence-corrected chi connectivity index (χ1v) is 2.44. The van der Waals surface area contributed by atoms with Crippen LogP contribution in [-0.2, 0) is 16.5 Å². The van der Waals surface area contributed by atoms with Gasteiger partial charge in [0.05, 0.1) is 5.56 Å². The second-order valence-corrected chi connectivity index (χ2v) is 1.54. The molecule has 0 radical (unpaired) electrons. The van der Waals surface area contributed by atoms with Crippen molar-refractivity contribution in [3.05, 3.63) is 30.1 Å². The molecular formula is C6H5NNiO2. The SMILES string of the molecule is O=C(O)c1ccncc1.[Ni]. The predicted octanol–water partition coefficient (Wildman–Crippen LogP) is 0.777. The molecule has 0 bridgehead atoms. The summed E-state index contributed by atoms with van der Waals surface area (Å²) in [5, 5.41) is 8.36. The van der Waals surface area contributed by atoms with Crippen LogP contribution >= 0.6 is 0 Å². The van der Waals surface area contributed by atoms with Crippen LogP contribution in [0.1, 0.15) is 10.4 Å². The van der Waals surface area contributed by atoms with E-state index in [2.05, 4.69) is 4.98 Å². The Bertz CT molecular complexity index is 212. The van der Waals surface area contributed by atoms with Gasteiger partial charge in [-0.3, -0.25) is 4.98 Å². The Kier molecular flexibility index (Phi) is 3.66. The zero-order valence-electron chi connectivity index (χ0n) is 4.93. The molecule has 0 saturated carbocycles. The Morgan fingerprint density at radius 1 is 1.40 bits per heavy atom. The second kappa shape index (κ2) is 4.01. The largest absolute Gasteiger partial charge is 0.478 e. The summed E-state index contributed by atoms with van der Waals surface area (Å²) < 4.78 is 0. The number of nitrogens with zero attached hydrogens (tertiary/aromatic N) is 1. The third kappa shape index (κ3) is 2.15. The topological polar surface area (TPSA) is 50.2 Å². The normalized spacial score (nSPS) is 8.00. The van der Waals surface area contributed by atoms with Crippen LogP contribution in [0.4, 0.5) is 0 Å². The van der Waals surface area contributed by atoms with Crippen LogP contribution in [-0.4, -0.2) is 16.1 Å². The minimum Gasteiger partial charge on any atom is -0.478 e. The number of carbonyl (C=O) groups is 1. The molecule has 1 heterocycles. The molecule has 1 aromatic rings. The van der Waals surface area contributed by atoms with E-state index in [1.807, 2.05) is 0 Å². The molecule has 1 rings (SSSR count). The van der Waals surface area contributed by atoms with E-state index in [9.17, 15) is 4.79 Å². The second-order valence-electron chi connectivity index (χ2n) is 1.54. The van der Waals surface area contributed by atoms with E-state index >= 15 is 0 Å². The third-order valence-corrected chi connectivity index (χ3v) is 0.927. The summed E-state index contributed by atoms with van der Waals surface area (Å²) >= 11 is 0. The molecular weight excluding hydrogens is 177 g/mol. The van der Waals surface area contributed by atoms with Crippen LogP contribution in [0.2, 0.25) is 0 Å². The Balaban J connectivity index is 0.000000810. The first-order chi connectivity index (χ1) is 4.30. The molecule has 0 fully saturated rings. The van der Waals surface area contributed by atoms with Crippen LogP contribution < -0.4 is 0 Å². The average molecular weight is 182 g/mol. The molecule has 4 heteroatoms. The quantitative estimate of drug-likeness (QED) is 0.652. The molecule has 0 aliphatic rings. The van der Waals surface area contributed by atoms with Gasteiger partial charge in [-0.1, -0.05) is 0 Å². The average Bonchev–Trinajstić information content (AvgIpc) is 1.90. The fourth-order valence-electron chi connectivity index (χ4n) is 0.494. The molecule has 0 aliphatic carbocycles. The summed E-state index contributed by atoms with van der Waals surface area (Å²) in [4.78, 5) is 13.8. The van der Waals surface area contributed by atoms with Crippen LogP contribution in [0.3, 0.4) is 0 Å². The van der Waals surface area contributed by atoms with Crippen molar-refractivity contribution in [3.8, 4) is 0 Å². The standard InChI is InChI=1S/C6H5NO2.Ni/c8-6(9)5-1-3-7-4-2-5;/h1-4H,(H,8,9);. The van der Waals surface area contributed by atoms with Crippen LogP contribution in [0.15, 0.2) is 24.5 Å². The first-order valence-electron chi connectivity index (χ1n) is 2.44. The number of hydrogen-bond donors (Lipinski definition) is 1. The first kappa shape index (κ1) is 9.11. The number of rotatable bonds is 1. The van der Waals surface area contributed by atoms with Crippen molar-refractivity contribution in [3.63, 3.8) is 0 Å². The summed E-state index contributed by atoms with van der Waals surface area (Å²) in [5.74, 6) is -0.919. The van der Waals surface area contributed by atoms with Gasteiger partial charge in [0.25, 0.3) is 0 Å². The Morgan fingerprint density at radius 2 is 1.90 bits per heavy atom. The van der Waals surface area contributed by atoms with E-state index in [4.69, 9.17) is 5.11 Å². The van der Waals surface area contributed by atoms with E-state index in [1.54, 1.807) is 0 Å². The van der Waals surface area contributed by atoms with Crippen LogP contribution in [0.25, 0.3) is 0 Å². The summed E-state index contributed by atoms with van der Waals surface area (Å²) in [5.41, 5.74) is 0.269. The molecule has 0 spiro atoms. The number of carboxylic acid groups (broad SMARTS) is 1. The van der Waals surface area contributed by atoms with Gasteiger partial charge in [0.15, 0.2) is 0 Å². The predicted molar refractivity (Wildman–Crippen MR) is 31.2 cm³/mol. The Morgan fingerprint density at radius 3 is 2.20 bits per heavy atom.